The van der Waals surface area contributed by atoms with Gasteiger partial charge in [-0.1, -0.05) is 18.2 Å². The third-order valence-electron chi connectivity index (χ3n) is 4.06. The number of para-hydroxylation sites is 2. The van der Waals surface area contributed by atoms with Gasteiger partial charge in [0, 0.05) is 15.8 Å². The normalized spacial score (nSPS) is 16.2. The van der Waals surface area contributed by atoms with E-state index >= 15 is 0 Å². The molecule has 0 radical (unpaired) electrons. The minimum atomic E-state index is -0.431. The Balaban J connectivity index is 1.57. The summed E-state index contributed by atoms with van der Waals surface area (Å²) in [5, 5.41) is 4.61. The number of nitrogens with one attached hydrogen (secondary N) is 1. The third-order valence-corrected chi connectivity index (χ3v) is 5.84. The van der Waals surface area contributed by atoms with Crippen molar-refractivity contribution in [3.63, 3.8) is 0 Å². The number of ether oxygens (including phenoxy) is 2. The predicted octanol–water partition coefficient (Wildman–Crippen LogP) is 4.23. The van der Waals surface area contributed by atoms with E-state index in [-0.39, 0.29) is 5.56 Å². The van der Waals surface area contributed by atoms with Gasteiger partial charge in [-0.3, -0.25) is 4.79 Å². The minimum absolute atomic E-state index is 0.146. The average molecular weight is 368 g/mol. The summed E-state index contributed by atoms with van der Waals surface area (Å²) in [6.07, 6.45) is -0.431. The first kappa shape index (κ1) is 14.7. The number of H-pyrrole nitrogens is 1. The molecule has 1 aliphatic heterocycles. The van der Waals surface area contributed by atoms with Crippen LogP contribution in [0, 0.1) is 0 Å². The number of thiophene rings is 2. The number of benzene rings is 1. The van der Waals surface area contributed by atoms with Crippen LogP contribution in [-0.4, -0.2) is 16.6 Å². The highest BCUT2D eigenvalue weighted by Gasteiger charge is 2.25. The number of hydrogen-bond acceptors (Lipinski definition) is 6. The Bertz CT molecular complexity index is 1120. The number of rotatable bonds is 2. The molecule has 124 valence electrons. The van der Waals surface area contributed by atoms with E-state index in [1.807, 2.05) is 47.2 Å². The SMILES string of the molecule is O=c1[nH]c(C2COc3ccccc3O2)nc2scc(-c3cccs3)c12. The summed E-state index contributed by atoms with van der Waals surface area (Å²) < 4.78 is 11.7. The Hall–Kier alpha value is -2.64. The Morgan fingerprint density at radius 2 is 2.00 bits per heavy atom. The van der Waals surface area contributed by atoms with E-state index in [0.29, 0.717) is 34.1 Å². The van der Waals surface area contributed by atoms with Crippen molar-refractivity contribution in [2.45, 2.75) is 6.10 Å². The Kier molecular flexibility index (Phi) is 3.36. The molecule has 0 amide bonds. The van der Waals surface area contributed by atoms with E-state index in [9.17, 15) is 4.79 Å². The maximum Gasteiger partial charge on any atom is 0.260 e. The minimum Gasteiger partial charge on any atom is -0.485 e. The molecule has 1 atom stereocenters. The first-order valence-electron chi connectivity index (χ1n) is 7.73. The van der Waals surface area contributed by atoms with Gasteiger partial charge in [0.05, 0.1) is 5.39 Å². The number of hydrogen-bond donors (Lipinski definition) is 1. The monoisotopic (exact) mass is 368 g/mol. The molecular formula is C18H12N2O3S2. The van der Waals surface area contributed by atoms with Crippen molar-refractivity contribution in [2.75, 3.05) is 6.61 Å². The molecule has 1 N–H and O–H groups in total. The molecule has 1 unspecified atom stereocenters. The molecular weight excluding hydrogens is 356 g/mol. The van der Waals surface area contributed by atoms with Crippen molar-refractivity contribution in [3.8, 4) is 21.9 Å². The van der Waals surface area contributed by atoms with Crippen LogP contribution in [0.3, 0.4) is 0 Å². The summed E-state index contributed by atoms with van der Waals surface area (Å²) in [7, 11) is 0. The largest absolute Gasteiger partial charge is 0.485 e. The Morgan fingerprint density at radius 1 is 1.12 bits per heavy atom. The number of fused-ring (bicyclic) bond motifs is 2. The molecule has 0 bridgehead atoms. The molecule has 5 nitrogen and oxygen atoms in total. The molecule has 5 rings (SSSR count). The topological polar surface area (TPSA) is 64.2 Å². The quantitative estimate of drug-likeness (QED) is 0.575. The second kappa shape index (κ2) is 5.72. The fourth-order valence-electron chi connectivity index (χ4n) is 2.89. The second-order valence-electron chi connectivity index (χ2n) is 5.62. The zero-order valence-corrected chi connectivity index (χ0v) is 14.5. The van der Waals surface area contributed by atoms with E-state index in [1.54, 1.807) is 11.3 Å². The van der Waals surface area contributed by atoms with Gasteiger partial charge in [-0.15, -0.1) is 22.7 Å². The van der Waals surface area contributed by atoms with Gasteiger partial charge >= 0.3 is 0 Å². The summed E-state index contributed by atoms with van der Waals surface area (Å²) in [5.41, 5.74) is 0.786. The Morgan fingerprint density at radius 3 is 2.84 bits per heavy atom. The Labute approximate surface area is 150 Å². The average Bonchev–Trinajstić information content (AvgIpc) is 3.30. The van der Waals surface area contributed by atoms with Gasteiger partial charge in [0.15, 0.2) is 23.4 Å². The fraction of sp³-hybridized carbons (Fsp3) is 0.111. The molecule has 0 spiro atoms. The molecule has 3 aromatic heterocycles. The summed E-state index contributed by atoms with van der Waals surface area (Å²) >= 11 is 3.08. The standard InChI is InChI=1S/C18H12N2O3S2/c21-17-15-10(14-6-3-7-24-14)9-25-18(15)20-16(19-17)13-8-22-11-4-1-2-5-12(11)23-13/h1-7,9,13H,8H2,(H,19,20,21). The lowest BCUT2D eigenvalue weighted by Gasteiger charge is -2.25. The molecule has 4 aromatic rings. The molecule has 1 aromatic carbocycles. The maximum atomic E-state index is 12.7. The van der Waals surface area contributed by atoms with Crippen LogP contribution < -0.4 is 15.0 Å². The van der Waals surface area contributed by atoms with Crippen LogP contribution in [0.2, 0.25) is 0 Å². The van der Waals surface area contributed by atoms with Crippen molar-refractivity contribution in [2.24, 2.45) is 0 Å². The summed E-state index contributed by atoms with van der Waals surface area (Å²) in [4.78, 5) is 22.0. The number of nitrogens with zero attached hydrogens (tertiary/aromatic N) is 1. The smallest absolute Gasteiger partial charge is 0.260 e. The second-order valence-corrected chi connectivity index (χ2v) is 7.43. The first-order chi connectivity index (χ1) is 12.3. The number of aromatic amines is 1. The van der Waals surface area contributed by atoms with Crippen LogP contribution in [0.25, 0.3) is 20.7 Å². The van der Waals surface area contributed by atoms with E-state index in [4.69, 9.17) is 9.47 Å². The van der Waals surface area contributed by atoms with E-state index in [2.05, 4.69) is 9.97 Å². The zero-order valence-electron chi connectivity index (χ0n) is 12.9. The van der Waals surface area contributed by atoms with Gasteiger partial charge in [-0.2, -0.15) is 0 Å². The summed E-state index contributed by atoms with van der Waals surface area (Å²) in [6, 6.07) is 11.5. The lowest BCUT2D eigenvalue weighted by atomic mass is 10.2. The van der Waals surface area contributed by atoms with Gasteiger partial charge in [-0.25, -0.2) is 4.98 Å². The van der Waals surface area contributed by atoms with Crippen LogP contribution >= 0.6 is 22.7 Å². The third kappa shape index (κ3) is 2.43. The van der Waals surface area contributed by atoms with Gasteiger partial charge in [0.25, 0.3) is 5.56 Å². The van der Waals surface area contributed by atoms with E-state index < -0.39 is 6.10 Å². The highest BCUT2D eigenvalue weighted by Crippen LogP contribution is 2.36. The molecule has 0 aliphatic carbocycles. The zero-order chi connectivity index (χ0) is 16.8. The van der Waals surface area contributed by atoms with E-state index in [1.165, 1.54) is 11.3 Å². The fourth-order valence-corrected chi connectivity index (χ4v) is 4.65. The van der Waals surface area contributed by atoms with Crippen LogP contribution in [0.15, 0.2) is 52.0 Å². The molecule has 1 aliphatic rings. The highest BCUT2D eigenvalue weighted by molar-refractivity contribution is 7.18. The first-order valence-corrected chi connectivity index (χ1v) is 9.49. The highest BCUT2D eigenvalue weighted by atomic mass is 32.1. The predicted molar refractivity (Wildman–Crippen MR) is 98.9 cm³/mol. The van der Waals surface area contributed by atoms with Gasteiger partial charge in [0.2, 0.25) is 0 Å². The van der Waals surface area contributed by atoms with Crippen LogP contribution in [0.4, 0.5) is 0 Å². The van der Waals surface area contributed by atoms with Crippen LogP contribution in [-0.2, 0) is 0 Å². The van der Waals surface area contributed by atoms with Crippen molar-refractivity contribution in [3.05, 3.63) is 63.3 Å². The van der Waals surface area contributed by atoms with Crippen LogP contribution in [0.1, 0.15) is 11.9 Å². The van der Waals surface area contributed by atoms with Gasteiger partial charge in [-0.05, 0) is 23.6 Å². The van der Waals surface area contributed by atoms with Crippen molar-refractivity contribution in [1.29, 1.82) is 0 Å². The number of aromatic nitrogens is 2. The summed E-state index contributed by atoms with van der Waals surface area (Å²) in [6.45, 7) is 0.314. The van der Waals surface area contributed by atoms with Crippen molar-refractivity contribution < 1.29 is 9.47 Å². The molecule has 0 fully saturated rings. The van der Waals surface area contributed by atoms with Crippen molar-refractivity contribution in [1.82, 2.24) is 9.97 Å². The lowest BCUT2D eigenvalue weighted by Crippen LogP contribution is -2.25. The maximum absolute atomic E-state index is 12.7. The summed E-state index contributed by atoms with van der Waals surface area (Å²) in [5.74, 6) is 1.86. The molecule has 0 saturated carbocycles. The van der Waals surface area contributed by atoms with Crippen LogP contribution in [0.5, 0.6) is 11.5 Å². The van der Waals surface area contributed by atoms with E-state index in [0.717, 1.165) is 10.4 Å². The molecule has 25 heavy (non-hydrogen) atoms. The van der Waals surface area contributed by atoms with Gasteiger partial charge < -0.3 is 14.5 Å². The lowest BCUT2D eigenvalue weighted by molar-refractivity contribution is 0.0852. The molecule has 7 heteroatoms. The molecule has 4 heterocycles. The van der Waals surface area contributed by atoms with Crippen molar-refractivity contribution >= 4 is 32.9 Å². The van der Waals surface area contributed by atoms with Gasteiger partial charge in [0.1, 0.15) is 11.4 Å². The molecule has 0 saturated heterocycles.